The minimum atomic E-state index is -0.350. The second-order valence-electron chi connectivity index (χ2n) is 7.59. The van der Waals surface area contributed by atoms with Crippen molar-refractivity contribution in [1.82, 2.24) is 4.90 Å². The summed E-state index contributed by atoms with van der Waals surface area (Å²) < 4.78 is 11.7. The molecule has 3 aromatic carbocycles. The number of ether oxygens (including phenoxy) is 1. The Morgan fingerprint density at radius 1 is 0.968 bits per heavy atom. The smallest absolute Gasteiger partial charge is 0.344 e. The van der Waals surface area contributed by atoms with Gasteiger partial charge in [0, 0.05) is 28.5 Å². The van der Waals surface area contributed by atoms with E-state index in [2.05, 4.69) is 4.90 Å². The van der Waals surface area contributed by atoms with Crippen LogP contribution in [0.25, 0.3) is 22.1 Å². The Kier molecular flexibility index (Phi) is 5.45. The first kappa shape index (κ1) is 20.1. The molecule has 0 saturated carbocycles. The second-order valence-corrected chi connectivity index (χ2v) is 8.43. The molecule has 6 heteroatoms. The lowest BCUT2D eigenvalue weighted by Gasteiger charge is -2.29. The maximum absolute atomic E-state index is 12.7. The standard InChI is InChI=1S/C25H19Cl2NO3/c26-19-8-6-17(22(27)13-19)10-11-28-14-21-23(30-15-28)9-7-18-12-20(25(29)31-24(18)21)16-4-2-1-3-5-16/h1-9,12-13H,10-11,14-15H2. The maximum atomic E-state index is 12.7. The van der Waals surface area contributed by atoms with E-state index < -0.39 is 0 Å². The molecule has 156 valence electrons. The molecule has 0 atom stereocenters. The van der Waals surface area contributed by atoms with Gasteiger partial charge >= 0.3 is 5.63 Å². The van der Waals surface area contributed by atoms with Gasteiger partial charge < -0.3 is 9.15 Å². The minimum Gasteiger partial charge on any atom is -0.478 e. The Labute approximate surface area is 189 Å². The number of hydrogen-bond donors (Lipinski definition) is 0. The average Bonchev–Trinajstić information content (AvgIpc) is 2.78. The van der Waals surface area contributed by atoms with E-state index in [9.17, 15) is 4.79 Å². The van der Waals surface area contributed by atoms with Crippen LogP contribution in [-0.2, 0) is 13.0 Å². The van der Waals surface area contributed by atoms with Gasteiger partial charge in [0.15, 0.2) is 0 Å². The fourth-order valence-electron chi connectivity index (χ4n) is 3.90. The van der Waals surface area contributed by atoms with Crippen molar-refractivity contribution in [3.63, 3.8) is 0 Å². The van der Waals surface area contributed by atoms with Gasteiger partial charge in [-0.05, 0) is 47.9 Å². The Bertz CT molecular complexity index is 1320. The van der Waals surface area contributed by atoms with E-state index in [0.717, 1.165) is 40.8 Å². The summed E-state index contributed by atoms with van der Waals surface area (Å²) in [7, 11) is 0. The van der Waals surface area contributed by atoms with Crippen molar-refractivity contribution >= 4 is 34.2 Å². The van der Waals surface area contributed by atoms with Gasteiger partial charge in [-0.3, -0.25) is 4.90 Å². The lowest BCUT2D eigenvalue weighted by atomic mass is 10.0. The molecule has 0 saturated heterocycles. The van der Waals surface area contributed by atoms with Crippen molar-refractivity contribution < 1.29 is 9.15 Å². The van der Waals surface area contributed by atoms with Crippen molar-refractivity contribution in [2.45, 2.75) is 13.0 Å². The summed E-state index contributed by atoms with van der Waals surface area (Å²) in [5.74, 6) is 0.754. The number of fused-ring (bicyclic) bond motifs is 3. The Balaban J connectivity index is 1.43. The predicted octanol–water partition coefficient (Wildman–Crippen LogP) is 6.16. The Morgan fingerprint density at radius 3 is 2.61 bits per heavy atom. The van der Waals surface area contributed by atoms with Crippen molar-refractivity contribution in [3.05, 3.63) is 98.3 Å². The summed E-state index contributed by atoms with van der Waals surface area (Å²) in [5.41, 5.74) is 3.55. The third-order valence-corrected chi connectivity index (χ3v) is 6.13. The summed E-state index contributed by atoms with van der Waals surface area (Å²) in [6.07, 6.45) is 0.765. The molecule has 4 aromatic rings. The van der Waals surface area contributed by atoms with Crippen LogP contribution in [0.2, 0.25) is 10.0 Å². The molecule has 31 heavy (non-hydrogen) atoms. The third-order valence-electron chi connectivity index (χ3n) is 5.54. The first-order valence-electron chi connectivity index (χ1n) is 10.0. The van der Waals surface area contributed by atoms with Crippen molar-refractivity contribution in [1.29, 1.82) is 0 Å². The molecule has 0 radical (unpaired) electrons. The van der Waals surface area contributed by atoms with Crippen LogP contribution in [0, 0.1) is 0 Å². The fourth-order valence-corrected chi connectivity index (χ4v) is 4.41. The molecule has 1 aliphatic heterocycles. The van der Waals surface area contributed by atoms with Crippen LogP contribution in [0.5, 0.6) is 5.75 Å². The summed E-state index contributed by atoms with van der Waals surface area (Å²) in [6, 6.07) is 20.9. The summed E-state index contributed by atoms with van der Waals surface area (Å²) in [6.45, 7) is 1.85. The highest BCUT2D eigenvalue weighted by Gasteiger charge is 2.22. The highest BCUT2D eigenvalue weighted by atomic mass is 35.5. The average molecular weight is 452 g/mol. The molecule has 0 amide bonds. The topological polar surface area (TPSA) is 42.7 Å². The van der Waals surface area contributed by atoms with Gasteiger partial charge in [0.2, 0.25) is 0 Å². The normalized spacial score (nSPS) is 13.7. The lowest BCUT2D eigenvalue weighted by Crippen LogP contribution is -2.33. The SMILES string of the molecule is O=c1oc2c3c(ccc2cc1-c1ccccc1)OCN(CCc1ccc(Cl)cc1Cl)C3. The number of halogens is 2. The number of rotatable bonds is 4. The zero-order chi connectivity index (χ0) is 21.4. The van der Waals surface area contributed by atoms with Crippen LogP contribution in [0.15, 0.2) is 75.9 Å². The largest absolute Gasteiger partial charge is 0.478 e. The van der Waals surface area contributed by atoms with E-state index in [1.807, 2.05) is 60.7 Å². The van der Waals surface area contributed by atoms with Crippen LogP contribution in [0.3, 0.4) is 0 Å². The molecule has 1 aliphatic rings. The molecule has 0 N–H and O–H groups in total. The molecular weight excluding hydrogens is 433 g/mol. The molecule has 0 unspecified atom stereocenters. The highest BCUT2D eigenvalue weighted by molar-refractivity contribution is 6.35. The zero-order valence-corrected chi connectivity index (χ0v) is 18.1. The quantitative estimate of drug-likeness (QED) is 0.348. The summed E-state index contributed by atoms with van der Waals surface area (Å²) in [4.78, 5) is 14.9. The van der Waals surface area contributed by atoms with E-state index in [0.29, 0.717) is 34.5 Å². The molecule has 5 rings (SSSR count). The Hall–Kier alpha value is -2.79. The predicted molar refractivity (Wildman–Crippen MR) is 124 cm³/mol. The molecular formula is C25H19Cl2NO3. The van der Waals surface area contributed by atoms with Crippen LogP contribution in [0.4, 0.5) is 0 Å². The van der Waals surface area contributed by atoms with E-state index in [-0.39, 0.29) is 5.63 Å². The monoisotopic (exact) mass is 451 g/mol. The van der Waals surface area contributed by atoms with Gasteiger partial charge in [0.1, 0.15) is 18.1 Å². The van der Waals surface area contributed by atoms with Gasteiger partial charge in [-0.25, -0.2) is 4.79 Å². The molecule has 0 bridgehead atoms. The first-order chi connectivity index (χ1) is 15.1. The third kappa shape index (κ3) is 4.07. The zero-order valence-electron chi connectivity index (χ0n) is 16.6. The van der Waals surface area contributed by atoms with E-state index in [4.69, 9.17) is 32.4 Å². The molecule has 4 nitrogen and oxygen atoms in total. The summed E-state index contributed by atoms with van der Waals surface area (Å²) in [5, 5.41) is 2.17. The number of nitrogens with zero attached hydrogens (tertiary/aromatic N) is 1. The molecule has 0 aliphatic carbocycles. The van der Waals surface area contributed by atoms with Gasteiger partial charge in [0.25, 0.3) is 0 Å². The number of benzene rings is 3. The maximum Gasteiger partial charge on any atom is 0.344 e. The number of hydrogen-bond acceptors (Lipinski definition) is 4. The first-order valence-corrected chi connectivity index (χ1v) is 10.8. The Morgan fingerprint density at radius 2 is 1.81 bits per heavy atom. The van der Waals surface area contributed by atoms with E-state index in [1.165, 1.54) is 0 Å². The minimum absolute atomic E-state index is 0.350. The van der Waals surface area contributed by atoms with E-state index >= 15 is 0 Å². The van der Waals surface area contributed by atoms with Crippen LogP contribution in [0.1, 0.15) is 11.1 Å². The van der Waals surface area contributed by atoms with Crippen molar-refractivity contribution in [3.8, 4) is 16.9 Å². The van der Waals surface area contributed by atoms with Crippen LogP contribution < -0.4 is 10.4 Å². The molecule has 1 aromatic heterocycles. The van der Waals surface area contributed by atoms with Gasteiger partial charge in [-0.1, -0.05) is 59.6 Å². The summed E-state index contributed by atoms with van der Waals surface area (Å²) >= 11 is 12.3. The molecule has 0 spiro atoms. The van der Waals surface area contributed by atoms with Crippen molar-refractivity contribution in [2.24, 2.45) is 0 Å². The van der Waals surface area contributed by atoms with Crippen LogP contribution >= 0.6 is 23.2 Å². The highest BCUT2D eigenvalue weighted by Crippen LogP contribution is 2.33. The van der Waals surface area contributed by atoms with Gasteiger partial charge in [-0.2, -0.15) is 0 Å². The van der Waals surface area contributed by atoms with Crippen molar-refractivity contribution in [2.75, 3.05) is 13.3 Å². The molecule has 0 fully saturated rings. The van der Waals surface area contributed by atoms with Gasteiger partial charge in [0.05, 0.1) is 11.1 Å². The van der Waals surface area contributed by atoms with Gasteiger partial charge in [-0.15, -0.1) is 0 Å². The fraction of sp³-hybridized carbons (Fsp3) is 0.160. The van der Waals surface area contributed by atoms with E-state index in [1.54, 1.807) is 6.07 Å². The lowest BCUT2D eigenvalue weighted by molar-refractivity contribution is 0.0968. The van der Waals surface area contributed by atoms with Crippen LogP contribution in [-0.4, -0.2) is 18.2 Å². The second kappa shape index (κ2) is 8.39. The molecule has 2 heterocycles.